The van der Waals surface area contributed by atoms with E-state index in [0.29, 0.717) is 12.1 Å². The predicted molar refractivity (Wildman–Crippen MR) is 79.1 cm³/mol. The Kier molecular flexibility index (Phi) is 4.70. The molecule has 2 rings (SSSR count). The molecule has 2 unspecified atom stereocenters. The van der Waals surface area contributed by atoms with E-state index >= 15 is 0 Å². The van der Waals surface area contributed by atoms with Crippen molar-refractivity contribution in [3.05, 3.63) is 23.3 Å². The summed E-state index contributed by atoms with van der Waals surface area (Å²) in [6.45, 7) is 4.20. The Bertz CT molecular complexity index is 431. The van der Waals surface area contributed by atoms with Gasteiger partial charge in [0.1, 0.15) is 5.75 Å². The van der Waals surface area contributed by atoms with Crippen LogP contribution < -0.4 is 10.1 Å². The van der Waals surface area contributed by atoms with Gasteiger partial charge in [-0.3, -0.25) is 0 Å². The Hall–Kier alpha value is -1.22. The smallest absolute Gasteiger partial charge is 0.126 e. The average Bonchev–Trinajstić information content (AvgIpc) is 2.43. The Morgan fingerprint density at radius 2 is 1.95 bits per heavy atom. The molecule has 1 fully saturated rings. The van der Waals surface area contributed by atoms with Crippen LogP contribution in [0.2, 0.25) is 0 Å². The number of aryl methyl sites for hydroxylation is 1. The van der Waals surface area contributed by atoms with Gasteiger partial charge in [-0.25, -0.2) is 0 Å². The first-order valence-corrected chi connectivity index (χ1v) is 7.09. The molecule has 3 heteroatoms. The Labute approximate surface area is 116 Å². The van der Waals surface area contributed by atoms with E-state index in [0.717, 1.165) is 12.2 Å². The Morgan fingerprint density at radius 1 is 1.16 bits per heavy atom. The van der Waals surface area contributed by atoms with Crippen LogP contribution in [0.1, 0.15) is 36.8 Å². The van der Waals surface area contributed by atoms with E-state index in [1.807, 2.05) is 7.11 Å². The maximum absolute atomic E-state index is 5.49. The number of hydrogen-bond acceptors (Lipinski definition) is 3. The molecule has 1 aliphatic carbocycles. The highest BCUT2D eigenvalue weighted by molar-refractivity contribution is 5.60. The number of hydrogen-bond donors (Lipinski definition) is 1. The summed E-state index contributed by atoms with van der Waals surface area (Å²) in [7, 11) is 3.55. The average molecular weight is 263 g/mol. The van der Waals surface area contributed by atoms with Gasteiger partial charge in [-0.15, -0.1) is 0 Å². The summed E-state index contributed by atoms with van der Waals surface area (Å²) in [6, 6.07) is 4.78. The van der Waals surface area contributed by atoms with Crippen molar-refractivity contribution in [2.45, 2.75) is 51.7 Å². The largest absolute Gasteiger partial charge is 0.496 e. The summed E-state index contributed by atoms with van der Waals surface area (Å²) in [5.74, 6) is 0.990. The molecule has 19 heavy (non-hydrogen) atoms. The van der Waals surface area contributed by atoms with Gasteiger partial charge in [0.25, 0.3) is 0 Å². The van der Waals surface area contributed by atoms with Gasteiger partial charge in [0.05, 0.1) is 13.2 Å². The molecule has 1 N–H and O–H groups in total. The van der Waals surface area contributed by atoms with E-state index in [4.69, 9.17) is 9.47 Å². The van der Waals surface area contributed by atoms with Crippen LogP contribution in [0.4, 0.5) is 5.69 Å². The molecule has 1 aliphatic rings. The van der Waals surface area contributed by atoms with E-state index in [9.17, 15) is 0 Å². The summed E-state index contributed by atoms with van der Waals surface area (Å²) in [5, 5.41) is 3.66. The van der Waals surface area contributed by atoms with Gasteiger partial charge in [0.2, 0.25) is 0 Å². The molecule has 1 saturated carbocycles. The Balaban J connectivity index is 2.10. The second-order valence-corrected chi connectivity index (χ2v) is 5.45. The molecule has 0 saturated heterocycles. The van der Waals surface area contributed by atoms with Crippen LogP contribution >= 0.6 is 0 Å². The summed E-state index contributed by atoms with van der Waals surface area (Å²) < 4.78 is 11.0. The highest BCUT2D eigenvalue weighted by Crippen LogP contribution is 2.31. The Morgan fingerprint density at radius 3 is 2.63 bits per heavy atom. The summed E-state index contributed by atoms with van der Waals surface area (Å²) in [6.07, 6.45) is 5.13. The first-order valence-electron chi connectivity index (χ1n) is 7.09. The fourth-order valence-corrected chi connectivity index (χ4v) is 3.01. The van der Waals surface area contributed by atoms with Crippen LogP contribution in [0.3, 0.4) is 0 Å². The minimum absolute atomic E-state index is 0.402. The van der Waals surface area contributed by atoms with Crippen LogP contribution in [0.25, 0.3) is 0 Å². The van der Waals surface area contributed by atoms with Gasteiger partial charge >= 0.3 is 0 Å². The fourth-order valence-electron chi connectivity index (χ4n) is 3.01. The minimum Gasteiger partial charge on any atom is -0.496 e. The number of rotatable bonds is 4. The molecule has 0 aromatic heterocycles. The van der Waals surface area contributed by atoms with Gasteiger partial charge in [-0.2, -0.15) is 0 Å². The van der Waals surface area contributed by atoms with Crippen LogP contribution in [-0.2, 0) is 4.74 Å². The zero-order valence-electron chi connectivity index (χ0n) is 12.5. The highest BCUT2D eigenvalue weighted by atomic mass is 16.5. The monoisotopic (exact) mass is 263 g/mol. The minimum atomic E-state index is 0.402. The van der Waals surface area contributed by atoms with Crippen molar-refractivity contribution in [3.63, 3.8) is 0 Å². The fraction of sp³-hybridized carbons (Fsp3) is 0.625. The number of nitrogens with one attached hydrogen (secondary N) is 1. The number of methoxy groups -OCH3 is 2. The molecule has 0 heterocycles. The van der Waals surface area contributed by atoms with Crippen LogP contribution in [0.15, 0.2) is 12.1 Å². The quantitative estimate of drug-likeness (QED) is 0.899. The molecule has 0 amide bonds. The number of ether oxygens (including phenoxy) is 2. The molecular weight excluding hydrogens is 238 g/mol. The van der Waals surface area contributed by atoms with Crippen LogP contribution in [0, 0.1) is 13.8 Å². The predicted octanol–water partition coefficient (Wildman–Crippen LogP) is 3.68. The molecule has 0 radical (unpaired) electrons. The van der Waals surface area contributed by atoms with Crippen molar-refractivity contribution in [2.75, 3.05) is 19.5 Å². The van der Waals surface area contributed by atoms with Gasteiger partial charge in [0.15, 0.2) is 0 Å². The lowest BCUT2D eigenvalue weighted by atomic mass is 9.92. The van der Waals surface area contributed by atoms with Crippen molar-refractivity contribution < 1.29 is 9.47 Å². The molecule has 2 atom stereocenters. The first-order chi connectivity index (χ1) is 9.15. The van der Waals surface area contributed by atoms with Crippen molar-refractivity contribution in [2.24, 2.45) is 0 Å². The second kappa shape index (κ2) is 6.29. The van der Waals surface area contributed by atoms with E-state index < -0.39 is 0 Å². The SMILES string of the molecule is COc1c(C)ccc(NC2CCCC(OC)C2)c1C. The van der Waals surface area contributed by atoms with Crippen molar-refractivity contribution >= 4 is 5.69 Å². The van der Waals surface area contributed by atoms with E-state index in [2.05, 4.69) is 31.3 Å². The highest BCUT2D eigenvalue weighted by Gasteiger charge is 2.22. The standard InChI is InChI=1S/C16H25NO2/c1-11-8-9-15(12(2)16(11)19-4)17-13-6-5-7-14(10-13)18-3/h8-9,13-14,17H,5-7,10H2,1-4H3. The lowest BCUT2D eigenvalue weighted by molar-refractivity contribution is 0.0669. The van der Waals surface area contributed by atoms with E-state index in [-0.39, 0.29) is 0 Å². The van der Waals surface area contributed by atoms with Gasteiger partial charge in [0, 0.05) is 24.4 Å². The second-order valence-electron chi connectivity index (χ2n) is 5.45. The van der Waals surface area contributed by atoms with Crippen molar-refractivity contribution in [1.29, 1.82) is 0 Å². The maximum Gasteiger partial charge on any atom is 0.126 e. The van der Waals surface area contributed by atoms with E-state index in [1.54, 1.807) is 7.11 Å². The van der Waals surface area contributed by atoms with Crippen molar-refractivity contribution in [1.82, 2.24) is 0 Å². The third kappa shape index (κ3) is 3.21. The normalized spacial score (nSPS) is 23.2. The number of benzene rings is 1. The first kappa shape index (κ1) is 14.2. The van der Waals surface area contributed by atoms with Gasteiger partial charge in [-0.05, 0) is 51.2 Å². The van der Waals surface area contributed by atoms with Gasteiger partial charge in [-0.1, -0.05) is 6.07 Å². The summed E-state index contributed by atoms with van der Waals surface area (Å²) in [4.78, 5) is 0. The zero-order chi connectivity index (χ0) is 13.8. The van der Waals surface area contributed by atoms with Crippen LogP contribution in [0.5, 0.6) is 5.75 Å². The topological polar surface area (TPSA) is 30.5 Å². The zero-order valence-corrected chi connectivity index (χ0v) is 12.5. The lowest BCUT2D eigenvalue weighted by Crippen LogP contribution is -2.31. The molecule has 0 bridgehead atoms. The molecule has 0 spiro atoms. The maximum atomic E-state index is 5.49. The van der Waals surface area contributed by atoms with E-state index in [1.165, 1.54) is 36.1 Å². The van der Waals surface area contributed by atoms with Crippen LogP contribution in [-0.4, -0.2) is 26.4 Å². The summed E-state index contributed by atoms with van der Waals surface area (Å²) >= 11 is 0. The molecule has 106 valence electrons. The lowest BCUT2D eigenvalue weighted by Gasteiger charge is -2.30. The van der Waals surface area contributed by atoms with Gasteiger partial charge < -0.3 is 14.8 Å². The summed E-state index contributed by atoms with van der Waals surface area (Å²) in [5.41, 5.74) is 3.57. The molecular formula is C16H25NO2. The molecule has 3 nitrogen and oxygen atoms in total. The molecule has 0 aliphatic heterocycles. The third-order valence-electron chi connectivity index (χ3n) is 4.13. The number of anilines is 1. The van der Waals surface area contributed by atoms with Crippen molar-refractivity contribution in [3.8, 4) is 5.75 Å². The molecule has 1 aromatic rings. The third-order valence-corrected chi connectivity index (χ3v) is 4.13. The molecule has 1 aromatic carbocycles.